The molecule has 1 aromatic heterocycles. The average Bonchev–Trinajstić information content (AvgIpc) is 2.73. The zero-order chi connectivity index (χ0) is 18.9. The van der Waals surface area contributed by atoms with Crippen LogP contribution in [0.15, 0.2) is 72.9 Å². The molecule has 0 saturated heterocycles. The highest BCUT2D eigenvalue weighted by Gasteiger charge is 2.12. The highest BCUT2D eigenvalue weighted by molar-refractivity contribution is 6.06. The smallest absolute Gasteiger partial charge is 0.259 e. The summed E-state index contributed by atoms with van der Waals surface area (Å²) in [4.78, 5) is 16.6. The number of aromatic nitrogens is 1. The number of hydrogen-bond acceptors (Lipinski definition) is 5. The summed E-state index contributed by atoms with van der Waals surface area (Å²) in [5, 5.41) is 2.80. The van der Waals surface area contributed by atoms with Crippen LogP contribution in [0.2, 0.25) is 0 Å². The Morgan fingerprint density at radius 2 is 1.67 bits per heavy atom. The molecule has 0 aliphatic carbocycles. The van der Waals surface area contributed by atoms with Gasteiger partial charge < -0.3 is 19.5 Å². The Kier molecular flexibility index (Phi) is 6.25. The zero-order valence-electron chi connectivity index (χ0n) is 14.9. The number of nitrogens with one attached hydrogen (secondary N) is 1. The molecule has 0 spiro atoms. The number of para-hydroxylation sites is 2. The molecular formula is C21H20N2O4. The summed E-state index contributed by atoms with van der Waals surface area (Å²) in [6.45, 7) is 0.700. The van der Waals surface area contributed by atoms with Gasteiger partial charge in [-0.15, -0.1) is 0 Å². The van der Waals surface area contributed by atoms with Crippen LogP contribution in [-0.2, 0) is 0 Å². The minimum atomic E-state index is -0.276. The summed E-state index contributed by atoms with van der Waals surface area (Å²) in [5.41, 5.74) is 1.01. The highest BCUT2D eigenvalue weighted by Crippen LogP contribution is 2.20. The van der Waals surface area contributed by atoms with Crippen molar-refractivity contribution < 1.29 is 19.0 Å². The van der Waals surface area contributed by atoms with Crippen molar-refractivity contribution >= 4 is 11.6 Å². The molecular weight excluding hydrogens is 344 g/mol. The van der Waals surface area contributed by atoms with Crippen molar-refractivity contribution in [3.05, 3.63) is 78.5 Å². The van der Waals surface area contributed by atoms with Gasteiger partial charge in [-0.05, 0) is 30.3 Å². The summed E-state index contributed by atoms with van der Waals surface area (Å²) in [6, 6.07) is 20.0. The molecule has 1 amide bonds. The normalized spacial score (nSPS) is 10.1. The van der Waals surface area contributed by atoms with Crippen LogP contribution in [0.5, 0.6) is 17.4 Å². The largest absolute Gasteiger partial charge is 0.490 e. The van der Waals surface area contributed by atoms with E-state index in [2.05, 4.69) is 10.3 Å². The minimum Gasteiger partial charge on any atom is -0.490 e. The van der Waals surface area contributed by atoms with Gasteiger partial charge in [-0.3, -0.25) is 4.79 Å². The molecule has 1 heterocycles. The SMILES string of the molecule is COc1ccc(NC(=O)c2ccccc2OCCOc2ccccc2)cn1. The Balaban J connectivity index is 1.58. The van der Waals surface area contributed by atoms with Crippen LogP contribution in [0.3, 0.4) is 0 Å². The van der Waals surface area contributed by atoms with Gasteiger partial charge in [0, 0.05) is 6.07 Å². The van der Waals surface area contributed by atoms with E-state index in [0.717, 1.165) is 5.75 Å². The number of hydrogen-bond donors (Lipinski definition) is 1. The van der Waals surface area contributed by atoms with Crippen molar-refractivity contribution in [1.29, 1.82) is 0 Å². The summed E-state index contributed by atoms with van der Waals surface area (Å²) < 4.78 is 16.3. The van der Waals surface area contributed by atoms with Gasteiger partial charge in [0.25, 0.3) is 5.91 Å². The molecule has 0 fully saturated rings. The van der Waals surface area contributed by atoms with Gasteiger partial charge >= 0.3 is 0 Å². The van der Waals surface area contributed by atoms with Gasteiger partial charge in [0.15, 0.2) is 0 Å². The number of ether oxygens (including phenoxy) is 3. The van der Waals surface area contributed by atoms with Crippen molar-refractivity contribution in [1.82, 2.24) is 4.98 Å². The molecule has 6 nitrogen and oxygen atoms in total. The van der Waals surface area contributed by atoms with Gasteiger partial charge in [0.05, 0.1) is 24.6 Å². The maximum atomic E-state index is 12.6. The summed E-state index contributed by atoms with van der Waals surface area (Å²) in [6.07, 6.45) is 1.54. The van der Waals surface area contributed by atoms with Gasteiger partial charge in [-0.1, -0.05) is 30.3 Å². The quantitative estimate of drug-likeness (QED) is 0.616. The van der Waals surface area contributed by atoms with Crippen molar-refractivity contribution in [3.63, 3.8) is 0 Å². The van der Waals surface area contributed by atoms with Crippen molar-refractivity contribution in [2.24, 2.45) is 0 Å². The van der Waals surface area contributed by atoms with Gasteiger partial charge in [0.2, 0.25) is 5.88 Å². The Bertz CT molecular complexity index is 867. The number of rotatable bonds is 8. The van der Waals surface area contributed by atoms with E-state index in [9.17, 15) is 4.79 Å². The van der Waals surface area contributed by atoms with Crippen LogP contribution in [0.4, 0.5) is 5.69 Å². The van der Waals surface area contributed by atoms with Crippen molar-refractivity contribution in [2.75, 3.05) is 25.6 Å². The second-order valence-corrected chi connectivity index (χ2v) is 5.55. The second-order valence-electron chi connectivity index (χ2n) is 5.55. The van der Waals surface area contributed by atoms with E-state index in [1.165, 1.54) is 13.3 Å². The van der Waals surface area contributed by atoms with Crippen LogP contribution in [0.1, 0.15) is 10.4 Å². The third-order valence-electron chi connectivity index (χ3n) is 3.69. The Hall–Kier alpha value is -3.54. The molecule has 0 unspecified atom stereocenters. The fourth-order valence-electron chi connectivity index (χ4n) is 2.38. The number of anilines is 1. The van der Waals surface area contributed by atoms with Gasteiger partial charge in [-0.25, -0.2) is 4.98 Å². The van der Waals surface area contributed by atoms with Crippen LogP contribution in [0, 0.1) is 0 Å². The lowest BCUT2D eigenvalue weighted by Crippen LogP contribution is -2.15. The van der Waals surface area contributed by atoms with Crippen molar-refractivity contribution in [3.8, 4) is 17.4 Å². The Labute approximate surface area is 157 Å². The number of benzene rings is 2. The van der Waals surface area contributed by atoms with Gasteiger partial charge in [0.1, 0.15) is 24.7 Å². The number of carbonyl (C=O) groups excluding carboxylic acids is 1. The van der Waals surface area contributed by atoms with E-state index in [1.54, 1.807) is 30.3 Å². The van der Waals surface area contributed by atoms with Crippen LogP contribution >= 0.6 is 0 Å². The molecule has 138 valence electrons. The van der Waals surface area contributed by atoms with Crippen LogP contribution in [-0.4, -0.2) is 31.2 Å². The fourth-order valence-corrected chi connectivity index (χ4v) is 2.38. The number of nitrogens with zero attached hydrogens (tertiary/aromatic N) is 1. The topological polar surface area (TPSA) is 69.7 Å². The van der Waals surface area contributed by atoms with E-state index in [0.29, 0.717) is 36.1 Å². The number of pyridine rings is 1. The van der Waals surface area contributed by atoms with Crippen LogP contribution in [0.25, 0.3) is 0 Å². The van der Waals surface area contributed by atoms with E-state index in [-0.39, 0.29) is 5.91 Å². The number of carbonyl (C=O) groups is 1. The highest BCUT2D eigenvalue weighted by atomic mass is 16.5. The summed E-state index contributed by atoms with van der Waals surface area (Å²) >= 11 is 0. The molecule has 3 rings (SSSR count). The molecule has 6 heteroatoms. The maximum Gasteiger partial charge on any atom is 0.259 e. The molecule has 0 atom stereocenters. The predicted molar refractivity (Wildman–Crippen MR) is 103 cm³/mol. The fraction of sp³-hybridized carbons (Fsp3) is 0.143. The van der Waals surface area contributed by atoms with E-state index in [1.807, 2.05) is 36.4 Å². The Morgan fingerprint density at radius 3 is 2.41 bits per heavy atom. The monoisotopic (exact) mass is 364 g/mol. The third-order valence-corrected chi connectivity index (χ3v) is 3.69. The average molecular weight is 364 g/mol. The first-order valence-corrected chi connectivity index (χ1v) is 8.47. The predicted octanol–water partition coefficient (Wildman–Crippen LogP) is 3.80. The molecule has 0 bridgehead atoms. The van der Waals surface area contributed by atoms with E-state index < -0.39 is 0 Å². The maximum absolute atomic E-state index is 12.6. The summed E-state index contributed by atoms with van der Waals surface area (Å²) in [5.74, 6) is 1.48. The molecule has 0 aliphatic rings. The summed E-state index contributed by atoms with van der Waals surface area (Å²) in [7, 11) is 1.54. The number of amides is 1. The van der Waals surface area contributed by atoms with Crippen LogP contribution < -0.4 is 19.5 Å². The molecule has 0 aliphatic heterocycles. The molecule has 1 N–H and O–H groups in total. The molecule has 0 radical (unpaired) electrons. The lowest BCUT2D eigenvalue weighted by molar-refractivity contribution is 0.102. The Morgan fingerprint density at radius 1 is 0.926 bits per heavy atom. The lowest BCUT2D eigenvalue weighted by Gasteiger charge is -2.12. The molecule has 27 heavy (non-hydrogen) atoms. The first kappa shape index (κ1) is 18.3. The third kappa shape index (κ3) is 5.22. The molecule has 3 aromatic rings. The number of methoxy groups -OCH3 is 1. The van der Waals surface area contributed by atoms with Gasteiger partial charge in [-0.2, -0.15) is 0 Å². The standard InChI is InChI=1S/C21H20N2O4/c1-25-20-12-11-16(15-22-20)23-21(24)18-9-5-6-10-19(18)27-14-13-26-17-7-3-2-4-8-17/h2-12,15H,13-14H2,1H3,(H,23,24). The lowest BCUT2D eigenvalue weighted by atomic mass is 10.2. The second kappa shape index (κ2) is 9.24. The first-order chi connectivity index (χ1) is 13.3. The van der Waals surface area contributed by atoms with Crippen molar-refractivity contribution in [2.45, 2.75) is 0 Å². The molecule has 0 saturated carbocycles. The first-order valence-electron chi connectivity index (χ1n) is 8.47. The minimum absolute atomic E-state index is 0.276. The van der Waals surface area contributed by atoms with E-state index in [4.69, 9.17) is 14.2 Å². The molecule has 2 aromatic carbocycles. The zero-order valence-corrected chi connectivity index (χ0v) is 14.9. The van der Waals surface area contributed by atoms with E-state index >= 15 is 0 Å².